The van der Waals surface area contributed by atoms with Gasteiger partial charge in [-0.05, 0) is 35.4 Å². The third-order valence-corrected chi connectivity index (χ3v) is 3.42. The Kier molecular flexibility index (Phi) is 5.94. The second-order valence-electron chi connectivity index (χ2n) is 5.14. The zero-order chi connectivity index (χ0) is 17.7. The number of carbonyl (C=O) groups excluding carboxylic acids is 1. The van der Waals surface area contributed by atoms with Crippen molar-refractivity contribution in [3.63, 3.8) is 0 Å². The summed E-state index contributed by atoms with van der Waals surface area (Å²) >= 11 is 0. The molecule has 24 heavy (non-hydrogen) atoms. The zero-order valence-electron chi connectivity index (χ0n) is 12.9. The first-order valence-electron chi connectivity index (χ1n) is 7.10. The molecular weight excluding hydrogens is 323 g/mol. The van der Waals surface area contributed by atoms with E-state index in [0.29, 0.717) is 12.2 Å². The molecule has 0 fully saturated rings. The number of aliphatic hydroxyl groups is 1. The van der Waals surface area contributed by atoms with Gasteiger partial charge in [0.2, 0.25) is 0 Å². The van der Waals surface area contributed by atoms with Gasteiger partial charge in [-0.1, -0.05) is 12.1 Å². The highest BCUT2D eigenvalue weighted by Crippen LogP contribution is 2.20. The predicted molar refractivity (Wildman–Crippen MR) is 80.8 cm³/mol. The second-order valence-corrected chi connectivity index (χ2v) is 5.14. The maximum absolute atomic E-state index is 13.3. The number of amides is 1. The first-order chi connectivity index (χ1) is 11.5. The van der Waals surface area contributed by atoms with E-state index >= 15 is 0 Å². The molecule has 1 amide bonds. The molecule has 0 heterocycles. The third kappa shape index (κ3) is 4.12. The molecule has 0 saturated carbocycles. The van der Waals surface area contributed by atoms with Gasteiger partial charge < -0.3 is 15.2 Å². The molecule has 1 atom stereocenters. The fourth-order valence-corrected chi connectivity index (χ4v) is 2.17. The van der Waals surface area contributed by atoms with Crippen LogP contribution in [0.2, 0.25) is 0 Å². The Balaban J connectivity index is 2.16. The molecule has 4 nitrogen and oxygen atoms in total. The zero-order valence-corrected chi connectivity index (χ0v) is 12.9. The van der Waals surface area contributed by atoms with Crippen molar-refractivity contribution >= 4 is 5.91 Å². The lowest BCUT2D eigenvalue weighted by Crippen LogP contribution is -2.31. The van der Waals surface area contributed by atoms with Crippen molar-refractivity contribution in [1.29, 1.82) is 0 Å². The van der Waals surface area contributed by atoms with E-state index in [0.717, 1.165) is 17.7 Å². The third-order valence-electron chi connectivity index (χ3n) is 3.42. The van der Waals surface area contributed by atoms with E-state index < -0.39 is 36.0 Å². The van der Waals surface area contributed by atoms with Gasteiger partial charge in [-0.2, -0.15) is 0 Å². The van der Waals surface area contributed by atoms with Crippen LogP contribution in [0.15, 0.2) is 36.4 Å². The average Bonchev–Trinajstić information content (AvgIpc) is 2.58. The number of ether oxygens (including phenoxy) is 1. The summed E-state index contributed by atoms with van der Waals surface area (Å²) in [5.74, 6) is -4.91. The van der Waals surface area contributed by atoms with E-state index in [4.69, 9.17) is 4.74 Å². The van der Waals surface area contributed by atoms with Crippen molar-refractivity contribution in [3.05, 3.63) is 70.5 Å². The van der Waals surface area contributed by atoms with Crippen molar-refractivity contribution in [3.8, 4) is 0 Å². The van der Waals surface area contributed by atoms with Crippen LogP contribution >= 0.6 is 0 Å². The van der Waals surface area contributed by atoms with Gasteiger partial charge >= 0.3 is 0 Å². The molecule has 0 aliphatic rings. The SMILES string of the molecule is COCc1ccc(C(=O)NC(CO)c2cc(F)c(F)c(F)c2)cc1. The molecule has 7 heteroatoms. The van der Waals surface area contributed by atoms with Crippen molar-refractivity contribution in [2.24, 2.45) is 0 Å². The standard InChI is InChI=1S/C17H16F3NO3/c1-24-9-10-2-4-11(5-3-10)17(23)21-15(8-22)12-6-13(18)16(20)14(19)7-12/h2-7,15,22H,8-9H2,1H3,(H,21,23). The van der Waals surface area contributed by atoms with Crippen LogP contribution in [0.1, 0.15) is 27.5 Å². The molecule has 0 saturated heterocycles. The molecule has 2 rings (SSSR count). The Hall–Kier alpha value is -2.38. The minimum absolute atomic E-state index is 0.0711. The fourth-order valence-electron chi connectivity index (χ4n) is 2.17. The number of aliphatic hydroxyl groups excluding tert-OH is 1. The smallest absolute Gasteiger partial charge is 0.251 e. The Morgan fingerprint density at radius 3 is 2.25 bits per heavy atom. The van der Waals surface area contributed by atoms with E-state index in [1.807, 2.05) is 0 Å². The van der Waals surface area contributed by atoms with Crippen LogP contribution in [0.4, 0.5) is 13.2 Å². The van der Waals surface area contributed by atoms with Crippen LogP contribution in [-0.4, -0.2) is 24.7 Å². The van der Waals surface area contributed by atoms with Crippen LogP contribution in [0, 0.1) is 17.5 Å². The largest absolute Gasteiger partial charge is 0.394 e. The van der Waals surface area contributed by atoms with Crippen LogP contribution in [0.5, 0.6) is 0 Å². The highest BCUT2D eigenvalue weighted by molar-refractivity contribution is 5.94. The normalized spacial score (nSPS) is 12.0. The average molecular weight is 339 g/mol. The van der Waals surface area contributed by atoms with Crippen LogP contribution in [-0.2, 0) is 11.3 Å². The molecule has 128 valence electrons. The van der Waals surface area contributed by atoms with Crippen LogP contribution in [0.25, 0.3) is 0 Å². The first kappa shape index (κ1) is 18.0. The van der Waals surface area contributed by atoms with E-state index in [2.05, 4.69) is 5.32 Å². The molecule has 1 unspecified atom stereocenters. The number of benzene rings is 2. The topological polar surface area (TPSA) is 58.6 Å². The summed E-state index contributed by atoms with van der Waals surface area (Å²) in [5.41, 5.74) is 1.10. The highest BCUT2D eigenvalue weighted by atomic mass is 19.2. The number of nitrogens with one attached hydrogen (secondary N) is 1. The van der Waals surface area contributed by atoms with Crippen molar-refractivity contribution in [2.45, 2.75) is 12.6 Å². The molecule has 2 aromatic rings. The van der Waals surface area contributed by atoms with Gasteiger partial charge in [0.1, 0.15) is 0 Å². The van der Waals surface area contributed by atoms with Crippen LogP contribution in [0.3, 0.4) is 0 Å². The summed E-state index contributed by atoms with van der Waals surface area (Å²) < 4.78 is 44.5. The maximum Gasteiger partial charge on any atom is 0.251 e. The van der Waals surface area contributed by atoms with Gasteiger partial charge in [-0.15, -0.1) is 0 Å². The summed E-state index contributed by atoms with van der Waals surface area (Å²) in [6, 6.07) is 6.92. The lowest BCUT2D eigenvalue weighted by molar-refractivity contribution is 0.0915. The molecule has 0 aromatic heterocycles. The monoisotopic (exact) mass is 339 g/mol. The van der Waals surface area contributed by atoms with E-state index in [1.165, 1.54) is 0 Å². The van der Waals surface area contributed by atoms with Gasteiger partial charge in [-0.3, -0.25) is 4.79 Å². The number of carbonyl (C=O) groups is 1. The predicted octanol–water partition coefficient (Wildman–Crippen LogP) is 2.71. The summed E-state index contributed by atoms with van der Waals surface area (Å²) in [5, 5.41) is 11.8. The molecule has 0 aliphatic carbocycles. The number of hydrogen-bond acceptors (Lipinski definition) is 3. The van der Waals surface area contributed by atoms with E-state index in [9.17, 15) is 23.1 Å². The Bertz CT molecular complexity index is 697. The minimum Gasteiger partial charge on any atom is -0.394 e. The molecule has 0 aliphatic heterocycles. The maximum atomic E-state index is 13.3. The molecule has 0 radical (unpaired) electrons. The van der Waals surface area contributed by atoms with Gasteiger partial charge in [0.15, 0.2) is 17.5 Å². The van der Waals surface area contributed by atoms with Crippen LogP contribution < -0.4 is 5.32 Å². The second kappa shape index (κ2) is 7.94. The van der Waals surface area contributed by atoms with Gasteiger partial charge in [0, 0.05) is 12.7 Å². The Morgan fingerprint density at radius 2 is 1.75 bits per heavy atom. The summed E-state index contributed by atoms with van der Waals surface area (Å²) in [6.07, 6.45) is 0. The van der Waals surface area contributed by atoms with Gasteiger partial charge in [0.05, 0.1) is 19.3 Å². The molecule has 0 spiro atoms. The number of methoxy groups -OCH3 is 1. The summed E-state index contributed by atoms with van der Waals surface area (Å²) in [4.78, 5) is 12.2. The summed E-state index contributed by atoms with van der Waals surface area (Å²) in [7, 11) is 1.55. The summed E-state index contributed by atoms with van der Waals surface area (Å²) in [6.45, 7) is -0.201. The van der Waals surface area contributed by atoms with Gasteiger partial charge in [-0.25, -0.2) is 13.2 Å². The fraction of sp³-hybridized carbons (Fsp3) is 0.235. The Labute approximate surface area is 136 Å². The van der Waals surface area contributed by atoms with E-state index in [-0.39, 0.29) is 5.56 Å². The van der Waals surface area contributed by atoms with Gasteiger partial charge in [0.25, 0.3) is 5.91 Å². The number of halogens is 3. The van der Waals surface area contributed by atoms with E-state index in [1.54, 1.807) is 31.4 Å². The van der Waals surface area contributed by atoms with Crippen molar-refractivity contribution < 1.29 is 27.8 Å². The molecule has 2 aromatic carbocycles. The minimum atomic E-state index is -1.60. The van der Waals surface area contributed by atoms with Crippen molar-refractivity contribution in [1.82, 2.24) is 5.32 Å². The number of hydrogen-bond donors (Lipinski definition) is 2. The molecule has 0 bridgehead atoms. The molecule has 2 N–H and O–H groups in total. The lowest BCUT2D eigenvalue weighted by atomic mass is 10.1. The lowest BCUT2D eigenvalue weighted by Gasteiger charge is -2.17. The highest BCUT2D eigenvalue weighted by Gasteiger charge is 2.19. The first-order valence-corrected chi connectivity index (χ1v) is 7.10. The number of rotatable bonds is 6. The Morgan fingerprint density at radius 1 is 1.17 bits per heavy atom. The molecular formula is C17H16F3NO3. The van der Waals surface area contributed by atoms with Crippen molar-refractivity contribution in [2.75, 3.05) is 13.7 Å². The quantitative estimate of drug-likeness (QED) is 0.796.